The number of nitrogens with two attached hydrogens (primary N) is 1. The molecular formula is C12H13N3OS. The largest absolute Gasteiger partial charge is 0.464 e. The summed E-state index contributed by atoms with van der Waals surface area (Å²) in [5.41, 5.74) is 8.05. The summed E-state index contributed by atoms with van der Waals surface area (Å²) >= 11 is 1.26. The van der Waals surface area contributed by atoms with Crippen LogP contribution in [0.2, 0.25) is 0 Å². The minimum absolute atomic E-state index is 0.434. The highest BCUT2D eigenvalue weighted by atomic mass is 32.1. The first-order valence-electron chi connectivity index (χ1n) is 5.62. The van der Waals surface area contributed by atoms with E-state index in [9.17, 15) is 0 Å². The van der Waals surface area contributed by atoms with Gasteiger partial charge in [-0.2, -0.15) is 0 Å². The summed E-state index contributed by atoms with van der Waals surface area (Å²) in [6, 6.07) is 8.59. The van der Waals surface area contributed by atoms with Crippen molar-refractivity contribution in [2.24, 2.45) is 0 Å². The number of hydrogen-bond acceptors (Lipinski definition) is 5. The Kier molecular flexibility index (Phi) is 2.68. The normalized spacial score (nSPS) is 14.8. The first kappa shape index (κ1) is 10.5. The Morgan fingerprint density at radius 3 is 2.59 bits per heavy atom. The summed E-state index contributed by atoms with van der Waals surface area (Å²) in [5.74, 6) is 0.799. The van der Waals surface area contributed by atoms with Crippen LogP contribution in [0.1, 0.15) is 29.9 Å². The average molecular weight is 247 g/mol. The van der Waals surface area contributed by atoms with E-state index in [1.807, 2.05) is 0 Å². The third kappa shape index (κ3) is 2.55. The lowest BCUT2D eigenvalue weighted by Gasteiger charge is -2.03. The Balaban J connectivity index is 1.60. The molecule has 0 atom stereocenters. The van der Waals surface area contributed by atoms with Crippen molar-refractivity contribution in [3.63, 3.8) is 0 Å². The van der Waals surface area contributed by atoms with Gasteiger partial charge in [0.05, 0.1) is 0 Å². The smallest absolute Gasteiger partial charge is 0.296 e. The van der Waals surface area contributed by atoms with Gasteiger partial charge >= 0.3 is 0 Å². The van der Waals surface area contributed by atoms with Gasteiger partial charge in [0, 0.05) is 0 Å². The number of rotatable bonds is 4. The monoisotopic (exact) mass is 247 g/mol. The molecule has 0 aliphatic heterocycles. The lowest BCUT2D eigenvalue weighted by Crippen LogP contribution is -1.95. The van der Waals surface area contributed by atoms with Crippen LogP contribution in [0.15, 0.2) is 24.3 Å². The molecule has 0 unspecified atom stereocenters. The minimum atomic E-state index is 0.434. The number of nitrogens with zero attached hydrogens (tertiary/aromatic N) is 2. The molecule has 4 nitrogen and oxygen atoms in total. The molecule has 88 valence electrons. The van der Waals surface area contributed by atoms with Crippen LogP contribution in [-0.2, 0) is 6.61 Å². The van der Waals surface area contributed by atoms with Gasteiger partial charge < -0.3 is 10.5 Å². The van der Waals surface area contributed by atoms with Crippen LogP contribution in [0.4, 0.5) is 5.13 Å². The molecule has 0 amide bonds. The van der Waals surface area contributed by atoms with E-state index in [1.165, 1.54) is 29.7 Å². The Morgan fingerprint density at radius 2 is 2.00 bits per heavy atom. The molecule has 0 bridgehead atoms. The summed E-state index contributed by atoms with van der Waals surface area (Å²) < 4.78 is 5.49. The van der Waals surface area contributed by atoms with E-state index in [4.69, 9.17) is 10.5 Å². The van der Waals surface area contributed by atoms with Gasteiger partial charge in [-0.1, -0.05) is 29.4 Å². The van der Waals surface area contributed by atoms with E-state index >= 15 is 0 Å². The van der Waals surface area contributed by atoms with E-state index in [1.54, 1.807) is 0 Å². The third-order valence-corrected chi connectivity index (χ3v) is 3.48. The van der Waals surface area contributed by atoms with Gasteiger partial charge in [-0.3, -0.25) is 0 Å². The maximum Gasteiger partial charge on any atom is 0.296 e. The van der Waals surface area contributed by atoms with Crippen LogP contribution in [0.5, 0.6) is 5.19 Å². The maximum atomic E-state index is 5.49. The third-order valence-electron chi connectivity index (χ3n) is 2.81. The predicted octanol–water partition coefficient (Wildman–Crippen LogP) is 2.58. The van der Waals surface area contributed by atoms with Gasteiger partial charge in [-0.05, 0) is 41.2 Å². The summed E-state index contributed by atoms with van der Waals surface area (Å²) in [6.45, 7) is 0.513. The second kappa shape index (κ2) is 4.33. The molecule has 2 aromatic rings. The zero-order chi connectivity index (χ0) is 11.7. The second-order valence-corrected chi connectivity index (χ2v) is 5.18. The summed E-state index contributed by atoms with van der Waals surface area (Å²) in [4.78, 5) is 0. The van der Waals surface area contributed by atoms with E-state index in [0.717, 1.165) is 11.5 Å². The standard InChI is InChI=1S/C12H13N3OS/c13-11-14-15-12(17-11)16-7-8-1-3-9(4-2-8)10-5-6-10/h1-4,10H,5-7H2,(H2,13,14). The van der Waals surface area contributed by atoms with Gasteiger partial charge in [0.25, 0.3) is 5.19 Å². The van der Waals surface area contributed by atoms with Crippen LogP contribution in [0.3, 0.4) is 0 Å². The first-order chi connectivity index (χ1) is 8.31. The number of ether oxygens (including phenoxy) is 1. The Labute approximate surface area is 103 Å². The molecule has 1 heterocycles. The maximum absolute atomic E-state index is 5.49. The Bertz CT molecular complexity index is 505. The topological polar surface area (TPSA) is 61.0 Å². The van der Waals surface area contributed by atoms with Crippen molar-refractivity contribution in [3.05, 3.63) is 35.4 Å². The van der Waals surface area contributed by atoms with E-state index < -0.39 is 0 Å². The van der Waals surface area contributed by atoms with Crippen LogP contribution in [0, 0.1) is 0 Å². The van der Waals surface area contributed by atoms with E-state index in [2.05, 4.69) is 34.5 Å². The van der Waals surface area contributed by atoms with Crippen molar-refractivity contribution in [1.29, 1.82) is 0 Å². The number of nitrogen functional groups attached to an aromatic ring is 1. The molecule has 5 heteroatoms. The molecular weight excluding hydrogens is 234 g/mol. The Hall–Kier alpha value is -1.62. The van der Waals surface area contributed by atoms with Crippen molar-refractivity contribution >= 4 is 16.5 Å². The number of anilines is 1. The molecule has 0 spiro atoms. The molecule has 1 saturated carbocycles. The quantitative estimate of drug-likeness (QED) is 0.902. The van der Waals surface area contributed by atoms with Crippen molar-refractivity contribution < 1.29 is 4.74 Å². The zero-order valence-electron chi connectivity index (χ0n) is 9.30. The van der Waals surface area contributed by atoms with Crippen molar-refractivity contribution in [2.75, 3.05) is 5.73 Å². The molecule has 0 saturated heterocycles. The molecule has 1 aliphatic rings. The summed E-state index contributed by atoms with van der Waals surface area (Å²) in [5, 5.41) is 8.46. The molecule has 1 fully saturated rings. The summed E-state index contributed by atoms with van der Waals surface area (Å²) in [7, 11) is 0. The van der Waals surface area contributed by atoms with Crippen LogP contribution >= 0.6 is 11.3 Å². The molecule has 1 aliphatic carbocycles. The first-order valence-corrected chi connectivity index (χ1v) is 6.43. The predicted molar refractivity (Wildman–Crippen MR) is 67.1 cm³/mol. The fraction of sp³-hybridized carbons (Fsp3) is 0.333. The number of aromatic nitrogens is 2. The van der Waals surface area contributed by atoms with Crippen molar-refractivity contribution in [2.45, 2.75) is 25.4 Å². The van der Waals surface area contributed by atoms with E-state index in [0.29, 0.717) is 16.9 Å². The van der Waals surface area contributed by atoms with Gasteiger partial charge in [-0.25, -0.2) is 0 Å². The Morgan fingerprint density at radius 1 is 1.24 bits per heavy atom. The van der Waals surface area contributed by atoms with Crippen LogP contribution in [0.25, 0.3) is 0 Å². The second-order valence-electron chi connectivity index (χ2n) is 4.21. The molecule has 1 aromatic carbocycles. The minimum Gasteiger partial charge on any atom is -0.464 e. The highest BCUT2D eigenvalue weighted by Crippen LogP contribution is 2.39. The highest BCUT2D eigenvalue weighted by molar-refractivity contribution is 7.16. The zero-order valence-corrected chi connectivity index (χ0v) is 10.1. The van der Waals surface area contributed by atoms with Crippen LogP contribution < -0.4 is 10.5 Å². The molecule has 2 N–H and O–H groups in total. The molecule has 3 rings (SSSR count). The van der Waals surface area contributed by atoms with Gasteiger partial charge in [-0.15, -0.1) is 5.10 Å². The number of benzene rings is 1. The molecule has 0 radical (unpaired) electrons. The molecule has 1 aromatic heterocycles. The lowest BCUT2D eigenvalue weighted by atomic mass is 10.1. The summed E-state index contributed by atoms with van der Waals surface area (Å²) in [6.07, 6.45) is 2.67. The highest BCUT2D eigenvalue weighted by Gasteiger charge is 2.22. The SMILES string of the molecule is Nc1nnc(OCc2ccc(C3CC3)cc2)s1. The fourth-order valence-corrected chi connectivity index (χ4v) is 2.19. The van der Waals surface area contributed by atoms with Crippen molar-refractivity contribution in [3.8, 4) is 5.19 Å². The number of hydrogen-bond donors (Lipinski definition) is 1. The van der Waals surface area contributed by atoms with Gasteiger partial charge in [0.15, 0.2) is 0 Å². The average Bonchev–Trinajstić information content (AvgIpc) is 3.11. The fourth-order valence-electron chi connectivity index (χ4n) is 1.73. The van der Waals surface area contributed by atoms with E-state index in [-0.39, 0.29) is 0 Å². The lowest BCUT2D eigenvalue weighted by molar-refractivity contribution is 0.302. The van der Waals surface area contributed by atoms with Crippen molar-refractivity contribution in [1.82, 2.24) is 10.2 Å². The molecule has 17 heavy (non-hydrogen) atoms. The van der Waals surface area contributed by atoms with Crippen LogP contribution in [-0.4, -0.2) is 10.2 Å². The van der Waals surface area contributed by atoms with Gasteiger partial charge in [0.1, 0.15) is 6.61 Å². The van der Waals surface area contributed by atoms with Gasteiger partial charge in [0.2, 0.25) is 5.13 Å².